The van der Waals surface area contributed by atoms with Crippen LogP contribution in [0.1, 0.15) is 21.6 Å². The number of imidazole rings is 1. The number of alkyl halides is 3. The molecule has 2 heterocycles. The topological polar surface area (TPSA) is 102 Å². The molecule has 1 amide bonds. The molecule has 0 fully saturated rings. The summed E-state index contributed by atoms with van der Waals surface area (Å²) in [5.41, 5.74) is -1.06. The number of fused-ring (bicyclic) bond motifs is 1. The standard InChI is InChI=1S/C19H15ClF3N3O5/c1-30-14-5-11(18(28)29)13(6-15(14)31-2)25-16(27)4-10-8-26-7-9(19(21,22)23)3-12(20)17(26)24-10/h3,5-8H,4H2,1-2H3,(H,25,27)(H,28,29). The van der Waals surface area contributed by atoms with E-state index in [-0.39, 0.29) is 45.5 Å². The molecule has 3 rings (SSSR count). The van der Waals surface area contributed by atoms with Crippen molar-refractivity contribution in [3.05, 3.63) is 52.4 Å². The molecular formula is C19H15ClF3N3O5. The van der Waals surface area contributed by atoms with Gasteiger partial charge in [-0.15, -0.1) is 0 Å². The summed E-state index contributed by atoms with van der Waals surface area (Å²) in [7, 11) is 2.68. The average Bonchev–Trinajstić information content (AvgIpc) is 3.09. The molecule has 12 heteroatoms. The number of nitrogens with zero attached hydrogens (tertiary/aromatic N) is 2. The fourth-order valence-corrected chi connectivity index (χ4v) is 3.12. The fraction of sp³-hybridized carbons (Fsp3) is 0.211. The van der Waals surface area contributed by atoms with Gasteiger partial charge >= 0.3 is 12.1 Å². The lowest BCUT2D eigenvalue weighted by Crippen LogP contribution is -2.17. The van der Waals surface area contributed by atoms with Crippen LogP contribution < -0.4 is 14.8 Å². The number of pyridine rings is 1. The number of carboxylic acid groups (broad SMARTS) is 1. The molecular weight excluding hydrogens is 443 g/mol. The van der Waals surface area contributed by atoms with Crippen LogP contribution in [0.15, 0.2) is 30.6 Å². The van der Waals surface area contributed by atoms with Crippen LogP contribution in [0.3, 0.4) is 0 Å². The van der Waals surface area contributed by atoms with Crippen molar-refractivity contribution in [2.75, 3.05) is 19.5 Å². The maximum atomic E-state index is 13.0. The van der Waals surface area contributed by atoms with Crippen molar-refractivity contribution in [1.82, 2.24) is 9.38 Å². The first-order chi connectivity index (χ1) is 14.5. The molecule has 1 aromatic carbocycles. The Balaban J connectivity index is 1.88. The molecule has 0 aliphatic rings. The number of carbonyl (C=O) groups is 2. The molecule has 2 aromatic heterocycles. The molecule has 0 aliphatic heterocycles. The number of nitrogens with one attached hydrogen (secondary N) is 1. The van der Waals surface area contributed by atoms with E-state index < -0.39 is 23.6 Å². The summed E-state index contributed by atoms with van der Waals surface area (Å²) >= 11 is 5.89. The van der Waals surface area contributed by atoms with E-state index in [0.29, 0.717) is 0 Å². The third-order valence-corrected chi connectivity index (χ3v) is 4.53. The fourth-order valence-electron chi connectivity index (χ4n) is 2.87. The predicted octanol–water partition coefficient (Wildman–Crippen LogP) is 3.90. The van der Waals surface area contributed by atoms with E-state index in [4.69, 9.17) is 21.1 Å². The molecule has 0 radical (unpaired) electrons. The Labute approximate surface area is 178 Å². The highest BCUT2D eigenvalue weighted by molar-refractivity contribution is 6.33. The maximum absolute atomic E-state index is 13.0. The number of carbonyl (C=O) groups excluding carboxylic acids is 1. The summed E-state index contributed by atoms with van der Waals surface area (Å²) in [5, 5.41) is 11.6. The van der Waals surface area contributed by atoms with Gasteiger partial charge in [-0.1, -0.05) is 11.6 Å². The van der Waals surface area contributed by atoms with E-state index >= 15 is 0 Å². The van der Waals surface area contributed by atoms with Gasteiger partial charge in [-0.3, -0.25) is 4.79 Å². The molecule has 8 nitrogen and oxygen atoms in total. The summed E-state index contributed by atoms with van der Waals surface area (Å²) in [6, 6.07) is 3.23. The van der Waals surface area contributed by atoms with Gasteiger partial charge in [0.1, 0.15) is 0 Å². The highest BCUT2D eigenvalue weighted by atomic mass is 35.5. The summed E-state index contributed by atoms with van der Waals surface area (Å²) < 4.78 is 50.1. The number of carboxylic acids is 1. The summed E-state index contributed by atoms with van der Waals surface area (Å²) in [5.74, 6) is -1.60. The molecule has 0 saturated heterocycles. The minimum absolute atomic E-state index is 0.0451. The Morgan fingerprint density at radius 2 is 1.81 bits per heavy atom. The normalized spacial score (nSPS) is 11.4. The lowest BCUT2D eigenvalue weighted by Gasteiger charge is -2.13. The van der Waals surface area contributed by atoms with Crippen LogP contribution in [0.2, 0.25) is 5.02 Å². The smallest absolute Gasteiger partial charge is 0.417 e. The van der Waals surface area contributed by atoms with Crippen LogP contribution in [-0.2, 0) is 17.4 Å². The largest absolute Gasteiger partial charge is 0.493 e. The van der Waals surface area contributed by atoms with Gasteiger partial charge in [-0.25, -0.2) is 9.78 Å². The van der Waals surface area contributed by atoms with Crippen molar-refractivity contribution in [2.45, 2.75) is 12.6 Å². The van der Waals surface area contributed by atoms with Gasteiger partial charge in [0.05, 0.1) is 48.2 Å². The van der Waals surface area contributed by atoms with Gasteiger partial charge in [0, 0.05) is 24.5 Å². The second kappa shape index (κ2) is 8.34. The molecule has 2 N–H and O–H groups in total. The first-order valence-electron chi connectivity index (χ1n) is 8.57. The van der Waals surface area contributed by atoms with Crippen LogP contribution in [-0.4, -0.2) is 40.6 Å². The van der Waals surface area contributed by atoms with Crippen molar-refractivity contribution < 1.29 is 37.3 Å². The van der Waals surface area contributed by atoms with Crippen molar-refractivity contribution >= 4 is 34.8 Å². The third kappa shape index (κ3) is 4.66. The number of rotatable bonds is 6. The maximum Gasteiger partial charge on any atom is 0.417 e. The lowest BCUT2D eigenvalue weighted by molar-refractivity contribution is -0.137. The quantitative estimate of drug-likeness (QED) is 0.582. The number of halogens is 4. The van der Waals surface area contributed by atoms with E-state index in [1.54, 1.807) is 0 Å². The van der Waals surface area contributed by atoms with Gasteiger partial charge < -0.3 is 24.3 Å². The van der Waals surface area contributed by atoms with Crippen molar-refractivity contribution in [3.8, 4) is 11.5 Å². The minimum Gasteiger partial charge on any atom is -0.493 e. The molecule has 0 spiro atoms. The SMILES string of the molecule is COc1cc(NC(=O)Cc2cn3cc(C(F)(F)F)cc(Cl)c3n2)c(C(=O)O)cc1OC. The third-order valence-electron chi connectivity index (χ3n) is 4.25. The number of benzene rings is 1. The number of aromatic nitrogens is 2. The van der Waals surface area contributed by atoms with E-state index in [2.05, 4.69) is 10.3 Å². The zero-order valence-corrected chi connectivity index (χ0v) is 16.8. The van der Waals surface area contributed by atoms with Gasteiger partial charge in [-0.05, 0) is 6.07 Å². The van der Waals surface area contributed by atoms with Gasteiger partial charge in [0.25, 0.3) is 0 Å². The van der Waals surface area contributed by atoms with Crippen LogP contribution in [0, 0.1) is 0 Å². The number of methoxy groups -OCH3 is 2. The summed E-state index contributed by atoms with van der Waals surface area (Å²) in [6.07, 6.45) is -2.89. The Hall–Kier alpha value is -3.47. The first kappa shape index (κ1) is 22.2. The molecule has 0 bridgehead atoms. The van der Waals surface area contributed by atoms with Crippen molar-refractivity contribution in [2.24, 2.45) is 0 Å². The molecule has 0 atom stereocenters. The minimum atomic E-state index is -4.60. The molecule has 0 saturated carbocycles. The van der Waals surface area contributed by atoms with Crippen LogP contribution in [0.25, 0.3) is 5.65 Å². The number of amides is 1. The number of hydrogen-bond donors (Lipinski definition) is 2. The number of anilines is 1. The monoisotopic (exact) mass is 457 g/mol. The highest BCUT2D eigenvalue weighted by Crippen LogP contribution is 2.34. The van der Waals surface area contributed by atoms with E-state index in [1.807, 2.05) is 0 Å². The van der Waals surface area contributed by atoms with Crippen molar-refractivity contribution in [1.29, 1.82) is 0 Å². The first-order valence-corrected chi connectivity index (χ1v) is 8.94. The number of hydrogen-bond acceptors (Lipinski definition) is 5. The summed E-state index contributed by atoms with van der Waals surface area (Å²) in [4.78, 5) is 28.1. The Bertz CT molecular complexity index is 1180. The second-order valence-corrected chi connectivity index (χ2v) is 6.73. The highest BCUT2D eigenvalue weighted by Gasteiger charge is 2.32. The van der Waals surface area contributed by atoms with Crippen LogP contribution in [0.4, 0.5) is 18.9 Å². The Morgan fingerprint density at radius 1 is 1.16 bits per heavy atom. The van der Waals surface area contributed by atoms with E-state index in [1.165, 1.54) is 32.5 Å². The second-order valence-electron chi connectivity index (χ2n) is 6.32. The molecule has 0 aliphatic carbocycles. The zero-order chi connectivity index (χ0) is 22.9. The zero-order valence-electron chi connectivity index (χ0n) is 16.1. The van der Waals surface area contributed by atoms with E-state index in [0.717, 1.165) is 16.7 Å². The molecule has 0 unspecified atom stereocenters. The summed E-state index contributed by atoms with van der Waals surface area (Å²) in [6.45, 7) is 0. The van der Waals surface area contributed by atoms with Crippen molar-refractivity contribution in [3.63, 3.8) is 0 Å². The van der Waals surface area contributed by atoms with Gasteiger partial charge in [0.2, 0.25) is 5.91 Å². The Kier molecular flexibility index (Phi) is 5.98. The van der Waals surface area contributed by atoms with Crippen LogP contribution >= 0.6 is 11.6 Å². The number of aromatic carboxylic acids is 1. The molecule has 164 valence electrons. The average molecular weight is 458 g/mol. The molecule has 31 heavy (non-hydrogen) atoms. The lowest BCUT2D eigenvalue weighted by atomic mass is 10.1. The van der Waals surface area contributed by atoms with E-state index in [9.17, 15) is 27.9 Å². The Morgan fingerprint density at radius 3 is 2.39 bits per heavy atom. The number of ether oxygens (including phenoxy) is 2. The van der Waals surface area contributed by atoms with Gasteiger partial charge in [0.15, 0.2) is 17.1 Å². The van der Waals surface area contributed by atoms with Gasteiger partial charge in [-0.2, -0.15) is 13.2 Å². The molecule has 3 aromatic rings. The predicted molar refractivity (Wildman–Crippen MR) is 104 cm³/mol. The van der Waals surface area contributed by atoms with Crippen LogP contribution in [0.5, 0.6) is 11.5 Å².